The molecular weight excluding hydrogens is 344 g/mol. The molecule has 4 atom stereocenters. The Labute approximate surface area is 167 Å². The van der Waals surface area contributed by atoms with Crippen LogP contribution >= 0.6 is 0 Å². The molecule has 2 aliphatic carbocycles. The number of nitrogens with zero attached hydrogens (tertiary/aromatic N) is 4. The summed E-state index contributed by atoms with van der Waals surface area (Å²) in [5.41, 5.74) is 6.61. The van der Waals surface area contributed by atoms with E-state index in [0.717, 1.165) is 36.6 Å². The van der Waals surface area contributed by atoms with Crippen molar-refractivity contribution in [1.82, 2.24) is 9.88 Å². The van der Waals surface area contributed by atoms with Crippen LogP contribution in [0.3, 0.4) is 0 Å². The summed E-state index contributed by atoms with van der Waals surface area (Å²) < 4.78 is 0. The molecule has 4 nitrogen and oxygen atoms in total. The molecule has 0 saturated heterocycles. The maximum atomic E-state index is 5.12. The Morgan fingerprint density at radius 3 is 2.86 bits per heavy atom. The second-order valence-electron chi connectivity index (χ2n) is 8.39. The molecule has 0 fully saturated rings. The predicted octanol–water partition coefficient (Wildman–Crippen LogP) is 4.28. The van der Waals surface area contributed by atoms with Crippen molar-refractivity contribution in [1.29, 1.82) is 0 Å². The second-order valence-corrected chi connectivity index (χ2v) is 8.39. The zero-order chi connectivity index (χ0) is 19.3. The Bertz CT molecular complexity index is 936. The standard InChI is InChI=1S/C24H28N4/c1-4-16-13-25-14-17(16)9-10-20-18-7-5-6-8-19(18)23-21(27-20)11-12-22-24(23)26-15(2)28(22)3/h4,9-12,14,16-17,22,24H,1,5-8,13H2,2-3H3/b10-9+. The lowest BCUT2D eigenvalue weighted by molar-refractivity contribution is 0.410. The number of aromatic nitrogens is 1. The summed E-state index contributed by atoms with van der Waals surface area (Å²) in [4.78, 5) is 16.9. The van der Waals surface area contributed by atoms with Crippen molar-refractivity contribution in [2.45, 2.75) is 44.7 Å². The highest BCUT2D eigenvalue weighted by Crippen LogP contribution is 2.42. The number of fused-ring (bicyclic) bond motifs is 5. The highest BCUT2D eigenvalue weighted by atomic mass is 15.3. The first-order valence-electron chi connectivity index (χ1n) is 10.5. The Balaban J connectivity index is 1.58. The molecule has 0 N–H and O–H groups in total. The van der Waals surface area contributed by atoms with Gasteiger partial charge in [0.2, 0.25) is 0 Å². The van der Waals surface area contributed by atoms with Crippen LogP contribution in [0.5, 0.6) is 0 Å². The number of allylic oxidation sites excluding steroid dienone is 1. The summed E-state index contributed by atoms with van der Waals surface area (Å²) >= 11 is 0. The van der Waals surface area contributed by atoms with Crippen molar-refractivity contribution >= 4 is 24.2 Å². The molecule has 0 radical (unpaired) electrons. The summed E-state index contributed by atoms with van der Waals surface area (Å²) in [6, 6.07) is 0.541. The molecule has 3 heterocycles. The normalized spacial score (nSPS) is 30.4. The molecule has 4 aliphatic rings. The van der Waals surface area contributed by atoms with E-state index in [-0.39, 0.29) is 6.04 Å². The molecule has 5 rings (SSSR count). The van der Waals surface area contributed by atoms with E-state index in [1.165, 1.54) is 29.5 Å². The van der Waals surface area contributed by atoms with E-state index in [1.807, 2.05) is 6.08 Å². The first-order chi connectivity index (χ1) is 13.7. The maximum absolute atomic E-state index is 5.12. The molecule has 4 heteroatoms. The van der Waals surface area contributed by atoms with Gasteiger partial charge in [0.25, 0.3) is 0 Å². The molecule has 1 aromatic heterocycles. The number of hydrogen-bond acceptors (Lipinski definition) is 4. The molecule has 0 bridgehead atoms. The van der Waals surface area contributed by atoms with Crippen LogP contribution < -0.4 is 0 Å². The van der Waals surface area contributed by atoms with Gasteiger partial charge in [0.05, 0.1) is 23.3 Å². The minimum Gasteiger partial charge on any atom is -0.355 e. The fourth-order valence-corrected chi connectivity index (χ4v) is 5.11. The van der Waals surface area contributed by atoms with Crippen molar-refractivity contribution in [3.05, 3.63) is 52.9 Å². The van der Waals surface area contributed by atoms with E-state index >= 15 is 0 Å². The van der Waals surface area contributed by atoms with Gasteiger partial charge < -0.3 is 4.90 Å². The third kappa shape index (κ3) is 2.69. The minimum absolute atomic E-state index is 0.203. The highest BCUT2D eigenvalue weighted by Gasteiger charge is 2.38. The maximum Gasteiger partial charge on any atom is 0.103 e. The van der Waals surface area contributed by atoms with E-state index in [0.29, 0.717) is 17.9 Å². The van der Waals surface area contributed by atoms with Crippen LogP contribution in [0.25, 0.3) is 12.2 Å². The number of hydrogen-bond donors (Lipinski definition) is 0. The van der Waals surface area contributed by atoms with Gasteiger partial charge in [0.1, 0.15) is 6.04 Å². The van der Waals surface area contributed by atoms with E-state index < -0.39 is 0 Å². The second kappa shape index (κ2) is 6.84. The van der Waals surface area contributed by atoms with Crippen LogP contribution in [-0.4, -0.2) is 41.6 Å². The van der Waals surface area contributed by atoms with Gasteiger partial charge in [-0.15, -0.1) is 6.58 Å². The summed E-state index contributed by atoms with van der Waals surface area (Å²) in [6.07, 6.45) is 17.9. The Morgan fingerprint density at radius 1 is 1.21 bits per heavy atom. The van der Waals surface area contributed by atoms with E-state index in [2.05, 4.69) is 61.0 Å². The fraction of sp³-hybridized carbons (Fsp3) is 0.458. The smallest absolute Gasteiger partial charge is 0.103 e. The number of rotatable bonds is 3. The number of aliphatic imine (C=N–C) groups is 2. The summed E-state index contributed by atoms with van der Waals surface area (Å²) in [5.74, 6) is 1.87. The van der Waals surface area contributed by atoms with Crippen LogP contribution in [0, 0.1) is 11.8 Å². The molecule has 28 heavy (non-hydrogen) atoms. The zero-order valence-corrected chi connectivity index (χ0v) is 16.8. The monoisotopic (exact) mass is 372 g/mol. The lowest BCUT2D eigenvalue weighted by atomic mass is 9.80. The van der Waals surface area contributed by atoms with Crippen LogP contribution in [0.1, 0.15) is 53.9 Å². The third-order valence-corrected chi connectivity index (χ3v) is 6.84. The van der Waals surface area contributed by atoms with Crippen LogP contribution in [0.4, 0.5) is 0 Å². The van der Waals surface area contributed by atoms with Gasteiger partial charge in [-0.3, -0.25) is 9.98 Å². The van der Waals surface area contributed by atoms with Crippen molar-refractivity contribution in [3.8, 4) is 0 Å². The average Bonchev–Trinajstić information content (AvgIpc) is 3.30. The summed E-state index contributed by atoms with van der Waals surface area (Å²) in [5, 5.41) is 0. The minimum atomic E-state index is 0.203. The van der Waals surface area contributed by atoms with Gasteiger partial charge in [0.15, 0.2) is 0 Å². The molecule has 0 saturated carbocycles. The lowest BCUT2D eigenvalue weighted by Crippen LogP contribution is -2.33. The summed E-state index contributed by atoms with van der Waals surface area (Å²) in [7, 11) is 2.15. The number of likely N-dealkylation sites (N-methyl/N-ethyl adjacent to an activating group) is 1. The van der Waals surface area contributed by atoms with Crippen molar-refractivity contribution in [2.24, 2.45) is 21.8 Å². The van der Waals surface area contributed by atoms with Gasteiger partial charge in [-0.2, -0.15) is 0 Å². The van der Waals surface area contributed by atoms with Crippen LogP contribution in [0.15, 0.2) is 34.8 Å². The molecule has 4 unspecified atom stereocenters. The Morgan fingerprint density at radius 2 is 2.04 bits per heavy atom. The number of pyridine rings is 1. The van der Waals surface area contributed by atoms with E-state index in [4.69, 9.17) is 9.98 Å². The number of amidine groups is 1. The Hall–Kier alpha value is -2.49. The molecule has 1 aromatic rings. The molecule has 0 amide bonds. The largest absolute Gasteiger partial charge is 0.355 e. The molecular formula is C24H28N4. The predicted molar refractivity (Wildman–Crippen MR) is 117 cm³/mol. The van der Waals surface area contributed by atoms with Gasteiger partial charge in [-0.1, -0.05) is 18.2 Å². The van der Waals surface area contributed by atoms with E-state index in [9.17, 15) is 0 Å². The van der Waals surface area contributed by atoms with Crippen LogP contribution in [-0.2, 0) is 12.8 Å². The average molecular weight is 373 g/mol. The topological polar surface area (TPSA) is 40.9 Å². The molecule has 0 aromatic carbocycles. The van der Waals surface area contributed by atoms with Gasteiger partial charge in [-0.05, 0) is 55.9 Å². The zero-order valence-electron chi connectivity index (χ0n) is 16.8. The van der Waals surface area contributed by atoms with Crippen molar-refractivity contribution in [3.63, 3.8) is 0 Å². The Kier molecular flexibility index (Phi) is 4.30. The van der Waals surface area contributed by atoms with E-state index in [1.54, 1.807) is 0 Å². The third-order valence-electron chi connectivity index (χ3n) is 6.84. The summed E-state index contributed by atoms with van der Waals surface area (Å²) in [6.45, 7) is 6.93. The SMILES string of the molecule is C=CC1CN=CC1/C=C/c1nc2c(c3c1CCCC3)C1N=C(C)N(C)C1C=C2. The van der Waals surface area contributed by atoms with Crippen LogP contribution in [0.2, 0.25) is 0 Å². The molecule has 144 valence electrons. The first kappa shape index (κ1) is 17.6. The van der Waals surface area contributed by atoms with Crippen molar-refractivity contribution < 1.29 is 0 Å². The highest BCUT2D eigenvalue weighted by molar-refractivity contribution is 5.84. The first-order valence-corrected chi connectivity index (χ1v) is 10.5. The lowest BCUT2D eigenvalue weighted by Gasteiger charge is -2.31. The fourth-order valence-electron chi connectivity index (χ4n) is 5.11. The molecule has 0 spiro atoms. The quantitative estimate of drug-likeness (QED) is 0.743. The van der Waals surface area contributed by atoms with Gasteiger partial charge >= 0.3 is 0 Å². The van der Waals surface area contributed by atoms with Gasteiger partial charge in [0, 0.05) is 37.2 Å². The van der Waals surface area contributed by atoms with Gasteiger partial charge in [-0.25, -0.2) is 4.98 Å². The molecule has 2 aliphatic heterocycles. The van der Waals surface area contributed by atoms with Crippen molar-refractivity contribution in [2.75, 3.05) is 13.6 Å².